The van der Waals surface area contributed by atoms with Gasteiger partial charge in [0.25, 0.3) is 0 Å². The number of hydrogen-bond acceptors (Lipinski definition) is 5. The van der Waals surface area contributed by atoms with Gasteiger partial charge < -0.3 is 18.9 Å². The fraction of sp³-hybridized carbons (Fsp3) is 0.500. The van der Waals surface area contributed by atoms with Crippen molar-refractivity contribution in [3.05, 3.63) is 28.8 Å². The molecule has 0 radical (unpaired) electrons. The molecule has 0 fully saturated rings. The van der Waals surface area contributed by atoms with E-state index in [2.05, 4.69) is 0 Å². The highest BCUT2D eigenvalue weighted by Gasteiger charge is 2.02. The van der Waals surface area contributed by atoms with Crippen molar-refractivity contribution < 1.29 is 23.7 Å². The summed E-state index contributed by atoms with van der Waals surface area (Å²) in [4.78, 5) is 10.6. The largest absolute Gasteiger partial charge is 0.490 e. The van der Waals surface area contributed by atoms with Crippen molar-refractivity contribution in [1.82, 2.24) is 0 Å². The maximum atomic E-state index is 10.6. The van der Waals surface area contributed by atoms with Crippen LogP contribution in [0.1, 0.15) is 10.4 Å². The number of rotatable bonds is 11. The van der Waals surface area contributed by atoms with Gasteiger partial charge in [-0.2, -0.15) is 0 Å². The summed E-state index contributed by atoms with van der Waals surface area (Å²) < 4.78 is 20.9. The number of benzene rings is 1. The van der Waals surface area contributed by atoms with Crippen molar-refractivity contribution >= 4 is 17.9 Å². The van der Waals surface area contributed by atoms with Crippen molar-refractivity contribution in [2.45, 2.75) is 0 Å². The van der Waals surface area contributed by atoms with E-state index >= 15 is 0 Å². The van der Waals surface area contributed by atoms with E-state index in [1.165, 1.54) is 0 Å². The lowest BCUT2D eigenvalue weighted by atomic mass is 10.2. The quantitative estimate of drug-likeness (QED) is 0.463. The molecule has 0 heterocycles. The van der Waals surface area contributed by atoms with E-state index < -0.39 is 0 Å². The second-order valence-corrected chi connectivity index (χ2v) is 4.28. The smallest absolute Gasteiger partial charge is 0.150 e. The molecule has 112 valence electrons. The first-order valence-electron chi connectivity index (χ1n) is 6.30. The maximum absolute atomic E-state index is 10.6. The molecule has 0 aliphatic rings. The number of aldehydes is 1. The fourth-order valence-corrected chi connectivity index (χ4v) is 1.63. The van der Waals surface area contributed by atoms with Crippen LogP contribution in [-0.2, 0) is 14.2 Å². The Balaban J connectivity index is 2.08. The number of carbonyl (C=O) groups excluding carboxylic acids is 1. The van der Waals surface area contributed by atoms with Crippen molar-refractivity contribution in [1.29, 1.82) is 0 Å². The molecule has 0 spiro atoms. The molecule has 5 nitrogen and oxygen atoms in total. The minimum atomic E-state index is 0.387. The van der Waals surface area contributed by atoms with Crippen LogP contribution in [0.15, 0.2) is 18.2 Å². The van der Waals surface area contributed by atoms with Gasteiger partial charge in [-0.15, -0.1) is 0 Å². The van der Waals surface area contributed by atoms with Gasteiger partial charge in [-0.25, -0.2) is 0 Å². The second kappa shape index (κ2) is 10.6. The maximum Gasteiger partial charge on any atom is 0.150 e. The molecular formula is C14H19ClO5. The van der Waals surface area contributed by atoms with Gasteiger partial charge in [-0.05, 0) is 18.2 Å². The molecule has 0 atom stereocenters. The van der Waals surface area contributed by atoms with Gasteiger partial charge >= 0.3 is 0 Å². The summed E-state index contributed by atoms with van der Waals surface area (Å²) in [5, 5.41) is 0.414. The first-order valence-corrected chi connectivity index (χ1v) is 6.67. The van der Waals surface area contributed by atoms with E-state index in [-0.39, 0.29) is 0 Å². The molecule has 1 aromatic carbocycles. The number of carbonyl (C=O) groups is 1. The van der Waals surface area contributed by atoms with E-state index in [9.17, 15) is 4.79 Å². The third-order valence-corrected chi connectivity index (χ3v) is 2.68. The highest BCUT2D eigenvalue weighted by atomic mass is 35.5. The minimum Gasteiger partial charge on any atom is -0.490 e. The molecule has 0 aliphatic heterocycles. The summed E-state index contributed by atoms with van der Waals surface area (Å²) in [6, 6.07) is 4.88. The van der Waals surface area contributed by atoms with Gasteiger partial charge in [0, 0.05) is 12.7 Å². The predicted octanol–water partition coefficient (Wildman–Crippen LogP) is 2.21. The Bertz CT molecular complexity index is 397. The lowest BCUT2D eigenvalue weighted by molar-refractivity contribution is 0.0180. The lowest BCUT2D eigenvalue weighted by Gasteiger charge is -2.09. The summed E-state index contributed by atoms with van der Waals surface area (Å²) in [6.45, 7) is 3.01. The standard InChI is InChI=1S/C14H19ClO5/c1-17-4-5-18-6-7-19-8-9-20-14-3-2-12(11-16)10-13(14)15/h2-3,10-11H,4-9H2,1H3. The van der Waals surface area contributed by atoms with E-state index in [0.29, 0.717) is 56.0 Å². The Morgan fingerprint density at radius 2 is 1.70 bits per heavy atom. The number of ether oxygens (including phenoxy) is 4. The average molecular weight is 303 g/mol. The molecule has 0 bridgehead atoms. The van der Waals surface area contributed by atoms with Crippen molar-refractivity contribution in [2.24, 2.45) is 0 Å². The van der Waals surface area contributed by atoms with Gasteiger partial charge in [0.05, 0.1) is 38.1 Å². The number of methoxy groups -OCH3 is 1. The van der Waals surface area contributed by atoms with Crippen molar-refractivity contribution in [2.75, 3.05) is 46.8 Å². The summed E-state index contributed by atoms with van der Waals surface area (Å²) in [5.74, 6) is 0.539. The molecular weight excluding hydrogens is 284 g/mol. The van der Waals surface area contributed by atoms with Crippen LogP contribution in [0, 0.1) is 0 Å². The molecule has 1 rings (SSSR count). The third kappa shape index (κ3) is 6.86. The molecule has 0 saturated carbocycles. The van der Waals surface area contributed by atoms with Crippen LogP contribution < -0.4 is 4.74 Å². The number of halogens is 1. The van der Waals surface area contributed by atoms with Crippen LogP contribution in [0.25, 0.3) is 0 Å². The molecule has 0 unspecified atom stereocenters. The molecule has 6 heteroatoms. The van der Waals surface area contributed by atoms with Crippen molar-refractivity contribution in [3.63, 3.8) is 0 Å². The van der Waals surface area contributed by atoms with Crippen LogP contribution >= 0.6 is 11.6 Å². The number of hydrogen-bond donors (Lipinski definition) is 0. The summed E-state index contributed by atoms with van der Waals surface area (Å²) in [6.07, 6.45) is 0.738. The molecule has 0 N–H and O–H groups in total. The van der Waals surface area contributed by atoms with E-state index in [1.807, 2.05) is 0 Å². The summed E-state index contributed by atoms with van der Waals surface area (Å²) >= 11 is 5.96. The van der Waals surface area contributed by atoms with Gasteiger partial charge in [-0.1, -0.05) is 11.6 Å². The topological polar surface area (TPSA) is 54.0 Å². The van der Waals surface area contributed by atoms with E-state index in [0.717, 1.165) is 6.29 Å². The van der Waals surface area contributed by atoms with Crippen LogP contribution in [-0.4, -0.2) is 53.0 Å². The average Bonchev–Trinajstić information content (AvgIpc) is 2.47. The molecule has 20 heavy (non-hydrogen) atoms. The first kappa shape index (κ1) is 16.9. The van der Waals surface area contributed by atoms with Gasteiger partial charge in [0.15, 0.2) is 0 Å². The minimum absolute atomic E-state index is 0.387. The van der Waals surface area contributed by atoms with Crippen molar-refractivity contribution in [3.8, 4) is 5.75 Å². The Morgan fingerprint density at radius 3 is 2.30 bits per heavy atom. The Hall–Kier alpha value is -1.14. The summed E-state index contributed by atoms with van der Waals surface area (Å²) in [7, 11) is 1.63. The molecule has 0 aliphatic carbocycles. The molecule has 0 saturated heterocycles. The Labute approximate surface area is 123 Å². The molecule has 0 aromatic heterocycles. The highest BCUT2D eigenvalue weighted by Crippen LogP contribution is 2.24. The normalized spacial score (nSPS) is 10.5. The van der Waals surface area contributed by atoms with E-state index in [1.54, 1.807) is 25.3 Å². The highest BCUT2D eigenvalue weighted by molar-refractivity contribution is 6.32. The SMILES string of the molecule is COCCOCCOCCOc1ccc(C=O)cc1Cl. The summed E-state index contributed by atoms with van der Waals surface area (Å²) in [5.41, 5.74) is 0.520. The van der Waals surface area contributed by atoms with Crippen LogP contribution in [0.5, 0.6) is 5.75 Å². The molecule has 0 amide bonds. The fourth-order valence-electron chi connectivity index (χ4n) is 1.38. The third-order valence-electron chi connectivity index (χ3n) is 2.38. The van der Waals surface area contributed by atoms with E-state index in [4.69, 9.17) is 30.5 Å². The van der Waals surface area contributed by atoms with Gasteiger partial charge in [0.2, 0.25) is 0 Å². The zero-order valence-corrected chi connectivity index (χ0v) is 12.2. The Morgan fingerprint density at radius 1 is 1.05 bits per heavy atom. The van der Waals surface area contributed by atoms with Crippen LogP contribution in [0.2, 0.25) is 5.02 Å². The molecule has 1 aromatic rings. The lowest BCUT2D eigenvalue weighted by Crippen LogP contribution is -2.12. The zero-order chi connectivity index (χ0) is 14.6. The van der Waals surface area contributed by atoms with Gasteiger partial charge in [-0.3, -0.25) is 4.79 Å². The Kier molecular flexibility index (Phi) is 8.98. The van der Waals surface area contributed by atoms with Gasteiger partial charge in [0.1, 0.15) is 18.6 Å². The zero-order valence-electron chi connectivity index (χ0n) is 11.5. The first-order chi connectivity index (χ1) is 9.77. The van der Waals surface area contributed by atoms with Crippen LogP contribution in [0.3, 0.4) is 0 Å². The monoisotopic (exact) mass is 302 g/mol. The predicted molar refractivity (Wildman–Crippen MR) is 75.8 cm³/mol. The second-order valence-electron chi connectivity index (χ2n) is 3.87. The van der Waals surface area contributed by atoms with Crippen LogP contribution in [0.4, 0.5) is 0 Å².